The van der Waals surface area contributed by atoms with E-state index in [9.17, 15) is 4.79 Å². The fraction of sp³-hybridized carbons (Fsp3) is 0.0435. The molecule has 140 valence electrons. The predicted octanol–water partition coefficient (Wildman–Crippen LogP) is 5.31. The van der Waals surface area contributed by atoms with Crippen LogP contribution >= 0.6 is 0 Å². The minimum atomic E-state index is -0.370. The van der Waals surface area contributed by atoms with Crippen LogP contribution in [0.25, 0.3) is 0 Å². The molecule has 3 aromatic rings. The molecule has 3 rings (SSSR count). The molecule has 0 heterocycles. The van der Waals surface area contributed by atoms with Crippen molar-refractivity contribution in [3.63, 3.8) is 0 Å². The van der Waals surface area contributed by atoms with Crippen LogP contribution in [0.1, 0.15) is 6.92 Å². The van der Waals surface area contributed by atoms with Crippen molar-refractivity contribution in [2.45, 2.75) is 6.92 Å². The van der Waals surface area contributed by atoms with Crippen molar-refractivity contribution >= 4 is 17.6 Å². The summed E-state index contributed by atoms with van der Waals surface area (Å²) < 4.78 is 16.5. The van der Waals surface area contributed by atoms with E-state index < -0.39 is 0 Å². The van der Waals surface area contributed by atoms with Gasteiger partial charge in [0.05, 0.1) is 11.9 Å². The molecule has 0 unspecified atom stereocenters. The maximum atomic E-state index is 11.0. The van der Waals surface area contributed by atoms with Gasteiger partial charge in [0.1, 0.15) is 17.2 Å². The zero-order valence-electron chi connectivity index (χ0n) is 15.3. The SMILES string of the molecule is CC(=O)Oc1ccc(N=C(C=COc2ccccc2)Oc2ccccc2)cc1. The molecule has 0 atom stereocenters. The van der Waals surface area contributed by atoms with Gasteiger partial charge in [-0.05, 0) is 48.5 Å². The molecule has 5 nitrogen and oxygen atoms in total. The van der Waals surface area contributed by atoms with Crippen LogP contribution in [0.5, 0.6) is 17.2 Å². The number of carbonyl (C=O) groups is 1. The summed E-state index contributed by atoms with van der Waals surface area (Å²) in [6.45, 7) is 1.36. The van der Waals surface area contributed by atoms with Crippen LogP contribution in [0.2, 0.25) is 0 Å². The quantitative estimate of drug-likeness (QED) is 0.193. The highest BCUT2D eigenvalue weighted by Gasteiger charge is 2.02. The Morgan fingerprint density at radius 1 is 0.750 bits per heavy atom. The number of nitrogens with zero attached hydrogens (tertiary/aromatic N) is 1. The van der Waals surface area contributed by atoms with Gasteiger partial charge in [-0.25, -0.2) is 4.99 Å². The lowest BCUT2D eigenvalue weighted by Crippen LogP contribution is -2.05. The smallest absolute Gasteiger partial charge is 0.308 e. The third kappa shape index (κ3) is 6.14. The first kappa shape index (κ1) is 18.9. The molecule has 0 radical (unpaired) electrons. The number of hydrogen-bond donors (Lipinski definition) is 0. The van der Waals surface area contributed by atoms with Crippen molar-refractivity contribution in [3.05, 3.63) is 97.3 Å². The van der Waals surface area contributed by atoms with E-state index in [-0.39, 0.29) is 5.97 Å². The standard InChI is InChI=1S/C23H19NO4/c1-18(25)27-22-14-12-19(13-15-22)24-23(28-21-10-6-3-7-11-21)16-17-26-20-8-4-2-5-9-20/h2-17H,1H3. The molecule has 3 aromatic carbocycles. The number of ether oxygens (including phenoxy) is 3. The highest BCUT2D eigenvalue weighted by atomic mass is 16.5. The third-order valence-corrected chi connectivity index (χ3v) is 3.46. The van der Waals surface area contributed by atoms with Crippen LogP contribution < -0.4 is 14.2 Å². The minimum absolute atomic E-state index is 0.349. The summed E-state index contributed by atoms with van der Waals surface area (Å²) in [7, 11) is 0. The number of benzene rings is 3. The number of esters is 1. The lowest BCUT2D eigenvalue weighted by molar-refractivity contribution is -0.131. The molecule has 0 N–H and O–H groups in total. The molecule has 0 bridgehead atoms. The fourth-order valence-electron chi connectivity index (χ4n) is 2.26. The Labute approximate surface area is 163 Å². The van der Waals surface area contributed by atoms with Gasteiger partial charge >= 0.3 is 5.97 Å². The molecule has 0 amide bonds. The van der Waals surface area contributed by atoms with E-state index in [0.717, 1.165) is 0 Å². The van der Waals surface area contributed by atoms with Crippen molar-refractivity contribution in [2.75, 3.05) is 0 Å². The van der Waals surface area contributed by atoms with Gasteiger partial charge in [-0.2, -0.15) is 0 Å². The van der Waals surface area contributed by atoms with E-state index in [2.05, 4.69) is 4.99 Å². The van der Waals surface area contributed by atoms with Crippen LogP contribution in [0, 0.1) is 0 Å². The molecule has 0 aliphatic carbocycles. The molecule has 0 aliphatic rings. The van der Waals surface area contributed by atoms with E-state index in [1.165, 1.54) is 13.2 Å². The number of hydrogen-bond acceptors (Lipinski definition) is 5. The molecule has 0 saturated carbocycles. The van der Waals surface area contributed by atoms with Crippen molar-refractivity contribution < 1.29 is 19.0 Å². The molecule has 0 aromatic heterocycles. The van der Waals surface area contributed by atoms with E-state index in [1.807, 2.05) is 60.7 Å². The Kier molecular flexibility index (Phi) is 6.57. The van der Waals surface area contributed by atoms with Crippen LogP contribution in [0.4, 0.5) is 5.69 Å². The van der Waals surface area contributed by atoms with Crippen LogP contribution in [-0.4, -0.2) is 11.9 Å². The largest absolute Gasteiger partial charge is 0.465 e. The van der Waals surface area contributed by atoms with Crippen LogP contribution in [-0.2, 0) is 4.79 Å². The average Bonchev–Trinajstić information content (AvgIpc) is 2.70. The lowest BCUT2D eigenvalue weighted by Gasteiger charge is -2.06. The van der Waals surface area contributed by atoms with Gasteiger partial charge in [-0.1, -0.05) is 36.4 Å². The van der Waals surface area contributed by atoms with Gasteiger partial charge in [0.2, 0.25) is 5.90 Å². The first-order chi connectivity index (χ1) is 13.7. The molecule has 0 spiro atoms. The molecule has 0 aliphatic heterocycles. The van der Waals surface area contributed by atoms with Crippen molar-refractivity contribution in [1.82, 2.24) is 0 Å². The first-order valence-corrected chi connectivity index (χ1v) is 8.67. The summed E-state index contributed by atoms with van der Waals surface area (Å²) in [6, 6.07) is 25.6. The second-order valence-electron chi connectivity index (χ2n) is 5.69. The van der Waals surface area contributed by atoms with Crippen molar-refractivity contribution in [3.8, 4) is 17.2 Å². The molecule has 28 heavy (non-hydrogen) atoms. The molecular weight excluding hydrogens is 354 g/mol. The maximum absolute atomic E-state index is 11.0. The van der Waals surface area contributed by atoms with Gasteiger partial charge in [-0.3, -0.25) is 4.79 Å². The number of para-hydroxylation sites is 2. The molecular formula is C23H19NO4. The Hall–Kier alpha value is -3.86. The Morgan fingerprint density at radius 2 is 1.32 bits per heavy atom. The Bertz CT molecular complexity index is 949. The number of rotatable bonds is 6. The average molecular weight is 373 g/mol. The Balaban J connectivity index is 1.78. The van der Waals surface area contributed by atoms with E-state index in [4.69, 9.17) is 14.2 Å². The third-order valence-electron chi connectivity index (χ3n) is 3.46. The summed E-state index contributed by atoms with van der Waals surface area (Å²) in [5, 5.41) is 0. The zero-order chi connectivity index (χ0) is 19.6. The van der Waals surface area contributed by atoms with E-state index >= 15 is 0 Å². The summed E-state index contributed by atoms with van der Waals surface area (Å²) in [5.74, 6) is 1.80. The predicted molar refractivity (Wildman–Crippen MR) is 108 cm³/mol. The van der Waals surface area contributed by atoms with Gasteiger partial charge in [-0.15, -0.1) is 0 Å². The van der Waals surface area contributed by atoms with Gasteiger partial charge in [0.25, 0.3) is 0 Å². The second-order valence-corrected chi connectivity index (χ2v) is 5.69. The lowest BCUT2D eigenvalue weighted by atomic mass is 10.3. The molecule has 5 heteroatoms. The van der Waals surface area contributed by atoms with Crippen molar-refractivity contribution in [1.29, 1.82) is 0 Å². The second kappa shape index (κ2) is 9.73. The van der Waals surface area contributed by atoms with Gasteiger partial charge in [0.15, 0.2) is 0 Å². The van der Waals surface area contributed by atoms with E-state index in [0.29, 0.717) is 28.8 Å². The highest BCUT2D eigenvalue weighted by Crippen LogP contribution is 2.20. The molecule has 0 fully saturated rings. The first-order valence-electron chi connectivity index (χ1n) is 8.67. The maximum Gasteiger partial charge on any atom is 0.308 e. The summed E-state index contributed by atoms with van der Waals surface area (Å²) in [4.78, 5) is 15.5. The molecule has 0 saturated heterocycles. The zero-order valence-corrected chi connectivity index (χ0v) is 15.3. The summed E-state index contributed by atoms with van der Waals surface area (Å²) in [6.07, 6.45) is 3.16. The summed E-state index contributed by atoms with van der Waals surface area (Å²) >= 11 is 0. The Morgan fingerprint density at radius 3 is 1.93 bits per heavy atom. The van der Waals surface area contributed by atoms with E-state index in [1.54, 1.807) is 30.3 Å². The van der Waals surface area contributed by atoms with Gasteiger partial charge in [0, 0.05) is 13.0 Å². The van der Waals surface area contributed by atoms with Gasteiger partial charge < -0.3 is 14.2 Å². The minimum Gasteiger partial charge on any atom is -0.465 e. The highest BCUT2D eigenvalue weighted by molar-refractivity contribution is 5.91. The summed E-state index contributed by atoms with van der Waals surface area (Å²) in [5.41, 5.74) is 0.645. The number of aliphatic imine (C=N–C) groups is 1. The normalized spacial score (nSPS) is 11.2. The fourth-order valence-corrected chi connectivity index (χ4v) is 2.26. The topological polar surface area (TPSA) is 57.1 Å². The monoisotopic (exact) mass is 373 g/mol. The van der Waals surface area contributed by atoms with Crippen LogP contribution in [0.15, 0.2) is 102 Å². The van der Waals surface area contributed by atoms with Crippen molar-refractivity contribution in [2.24, 2.45) is 4.99 Å². The van der Waals surface area contributed by atoms with Crippen LogP contribution in [0.3, 0.4) is 0 Å². The number of carbonyl (C=O) groups excluding carboxylic acids is 1.